The van der Waals surface area contributed by atoms with E-state index in [9.17, 15) is 32.9 Å². The van der Waals surface area contributed by atoms with Crippen LogP contribution in [0.3, 0.4) is 0 Å². The molecule has 64 heavy (non-hydrogen) atoms. The molecule has 3 aliphatic heterocycles. The van der Waals surface area contributed by atoms with Crippen LogP contribution in [0.4, 0.5) is 20.2 Å². The second-order valence-corrected chi connectivity index (χ2v) is 19.2. The van der Waals surface area contributed by atoms with Crippen LogP contribution in [0.2, 0.25) is 0 Å². The first-order valence-corrected chi connectivity index (χ1v) is 23.1. The molecule has 0 unspecified atom stereocenters. The van der Waals surface area contributed by atoms with Gasteiger partial charge in [-0.05, 0) is 124 Å². The van der Waals surface area contributed by atoms with E-state index < -0.39 is 33.7 Å². The van der Waals surface area contributed by atoms with Gasteiger partial charge in [-0.25, -0.2) is 13.8 Å². The summed E-state index contributed by atoms with van der Waals surface area (Å²) < 4.78 is 66.6. The maximum atomic E-state index is 15.3. The molecule has 2 atom stereocenters. The zero-order valence-corrected chi connectivity index (χ0v) is 36.6. The van der Waals surface area contributed by atoms with Gasteiger partial charge in [0.1, 0.15) is 29.2 Å². The van der Waals surface area contributed by atoms with Crippen molar-refractivity contribution in [1.82, 2.24) is 29.0 Å². The van der Waals surface area contributed by atoms with Crippen molar-refractivity contribution in [3.63, 3.8) is 0 Å². The third-order valence-electron chi connectivity index (χ3n) is 13.5. The Morgan fingerprint density at radius 1 is 1.00 bits per heavy atom. The van der Waals surface area contributed by atoms with Gasteiger partial charge in [-0.2, -0.15) is 18.0 Å². The molecular weight excluding hydrogens is 849 g/mol. The second kappa shape index (κ2) is 18.3. The summed E-state index contributed by atoms with van der Waals surface area (Å²) in [5, 5.41) is 15.5. The Hall–Kier alpha value is -5.97. The number of piperidine rings is 3. The molecule has 4 heterocycles. The number of nitrogens with zero attached hydrogens (tertiary/aromatic N) is 6. The fraction of sp³-hybridized carbons (Fsp3) is 0.467. The van der Waals surface area contributed by atoms with E-state index in [0.717, 1.165) is 48.5 Å². The molecule has 3 saturated heterocycles. The van der Waals surface area contributed by atoms with Gasteiger partial charge in [0.15, 0.2) is 11.6 Å². The lowest BCUT2D eigenvalue weighted by atomic mass is 9.77. The summed E-state index contributed by atoms with van der Waals surface area (Å²) in [6, 6.07) is 12.7. The zero-order chi connectivity index (χ0) is 45.3. The summed E-state index contributed by atoms with van der Waals surface area (Å²) in [7, 11) is -2.66. The SMILES string of the molecule is CCN(C)S(=O)(=O)Nc1ccc(F)c(Oc2ccc3ncn([C@@H]4CCC5(CCN(C(=O)CN6CCC(c7ccc(N[C@@H]8CCC(=O)NC8=O)cc7F)CC6)CC5)C4)c(=O)c3c2)c1C#N. The number of ether oxygens (including phenoxy) is 1. The normalized spacial score (nSPS) is 20.7. The van der Waals surface area contributed by atoms with Gasteiger partial charge in [0.2, 0.25) is 17.7 Å². The minimum absolute atomic E-state index is 0.0115. The number of carbonyl (C=O) groups excluding carboxylic acids is 3. The molecule has 1 spiro atoms. The van der Waals surface area contributed by atoms with E-state index in [4.69, 9.17) is 4.74 Å². The molecule has 1 aromatic heterocycles. The van der Waals surface area contributed by atoms with Gasteiger partial charge in [0.05, 0.1) is 29.5 Å². The number of carbonyl (C=O) groups is 3. The molecule has 19 heteroatoms. The van der Waals surface area contributed by atoms with Crippen LogP contribution in [-0.2, 0) is 24.6 Å². The van der Waals surface area contributed by atoms with Crippen LogP contribution in [0.1, 0.15) is 87.8 Å². The second-order valence-electron chi connectivity index (χ2n) is 17.4. The van der Waals surface area contributed by atoms with Crippen molar-refractivity contribution in [3.05, 3.63) is 88.0 Å². The fourth-order valence-corrected chi connectivity index (χ4v) is 10.5. The van der Waals surface area contributed by atoms with Crippen LogP contribution < -0.4 is 25.7 Å². The number of aromatic nitrogens is 2. The van der Waals surface area contributed by atoms with Gasteiger partial charge in [0.25, 0.3) is 5.56 Å². The number of nitrogens with one attached hydrogen (secondary N) is 3. The average Bonchev–Trinajstić information content (AvgIpc) is 3.68. The minimum Gasteiger partial charge on any atom is -0.453 e. The van der Waals surface area contributed by atoms with Crippen molar-refractivity contribution >= 4 is 50.2 Å². The van der Waals surface area contributed by atoms with Gasteiger partial charge in [-0.1, -0.05) is 13.0 Å². The number of hydrogen-bond donors (Lipinski definition) is 3. The summed E-state index contributed by atoms with van der Waals surface area (Å²) in [5.74, 6) is -2.29. The van der Waals surface area contributed by atoms with Crippen molar-refractivity contribution in [2.45, 2.75) is 82.7 Å². The predicted molar refractivity (Wildman–Crippen MR) is 234 cm³/mol. The molecule has 4 aliphatic rings. The van der Waals surface area contributed by atoms with Crippen molar-refractivity contribution in [1.29, 1.82) is 5.26 Å². The minimum atomic E-state index is -4.02. The van der Waals surface area contributed by atoms with Gasteiger partial charge >= 0.3 is 10.2 Å². The lowest BCUT2D eigenvalue weighted by molar-refractivity contribution is -0.135. The Morgan fingerprint density at radius 2 is 1.77 bits per heavy atom. The zero-order valence-electron chi connectivity index (χ0n) is 35.7. The number of rotatable bonds is 12. The number of halogens is 2. The Kier molecular flexibility index (Phi) is 12.7. The van der Waals surface area contributed by atoms with Gasteiger partial charge in [-0.15, -0.1) is 0 Å². The summed E-state index contributed by atoms with van der Waals surface area (Å²) >= 11 is 0. The van der Waals surface area contributed by atoms with E-state index in [1.807, 2.05) is 11.0 Å². The third kappa shape index (κ3) is 9.31. The predicted octanol–water partition coefficient (Wildman–Crippen LogP) is 5.38. The van der Waals surface area contributed by atoms with E-state index in [1.54, 1.807) is 36.0 Å². The lowest BCUT2D eigenvalue weighted by Gasteiger charge is -2.40. The van der Waals surface area contributed by atoms with E-state index in [1.165, 1.54) is 25.2 Å². The largest absolute Gasteiger partial charge is 0.453 e. The molecule has 4 aromatic rings. The maximum Gasteiger partial charge on any atom is 0.301 e. The number of anilines is 2. The van der Waals surface area contributed by atoms with Crippen LogP contribution in [0.5, 0.6) is 11.5 Å². The molecule has 0 radical (unpaired) electrons. The highest BCUT2D eigenvalue weighted by Gasteiger charge is 2.43. The highest BCUT2D eigenvalue weighted by molar-refractivity contribution is 7.90. The Labute approximate surface area is 369 Å². The van der Waals surface area contributed by atoms with Crippen LogP contribution >= 0.6 is 0 Å². The number of likely N-dealkylation sites (tertiary alicyclic amines) is 2. The van der Waals surface area contributed by atoms with Crippen molar-refractivity contribution in [3.8, 4) is 17.6 Å². The molecule has 8 rings (SSSR count). The number of amides is 3. The first kappa shape index (κ1) is 44.6. The van der Waals surface area contributed by atoms with Gasteiger partial charge in [0, 0.05) is 44.8 Å². The summed E-state index contributed by atoms with van der Waals surface area (Å²) in [4.78, 5) is 59.7. The monoisotopic (exact) mass is 899 g/mol. The molecular formula is C45H51F2N9O7S. The number of nitriles is 1. The van der Waals surface area contributed by atoms with Crippen LogP contribution in [0, 0.1) is 28.4 Å². The first-order valence-electron chi connectivity index (χ1n) is 21.7. The summed E-state index contributed by atoms with van der Waals surface area (Å²) in [6.45, 7) is 4.68. The molecule has 4 fully saturated rings. The lowest BCUT2D eigenvalue weighted by Crippen LogP contribution is -2.47. The maximum absolute atomic E-state index is 15.3. The molecule has 16 nitrogen and oxygen atoms in total. The molecule has 0 bridgehead atoms. The molecule has 1 saturated carbocycles. The Bertz CT molecular complexity index is 2690. The molecule has 3 amide bonds. The number of benzene rings is 3. The van der Waals surface area contributed by atoms with Gasteiger partial charge < -0.3 is 15.0 Å². The van der Waals surface area contributed by atoms with Crippen LogP contribution in [0.25, 0.3) is 10.9 Å². The first-order chi connectivity index (χ1) is 30.7. The van der Waals surface area contributed by atoms with Gasteiger partial charge in [-0.3, -0.25) is 38.7 Å². The van der Waals surface area contributed by atoms with Crippen LogP contribution in [-0.4, -0.2) is 102 Å². The average molecular weight is 900 g/mol. The molecule has 3 aromatic carbocycles. The van der Waals surface area contributed by atoms with E-state index in [2.05, 4.69) is 25.2 Å². The number of imide groups is 1. The topological polar surface area (TPSA) is 199 Å². The highest BCUT2D eigenvalue weighted by Crippen LogP contribution is 2.50. The standard InChI is InChI=1S/C45H51F2N9O7S/c1-3-53(2)64(61,62)52-38-9-7-35(46)42(34(38)25-48)63-31-5-8-37-33(23-31)44(60)56(27-49-37)30-12-15-45(24-30)16-20-55(21-17-45)41(58)26-54-18-13-28(14-19-54)32-6-4-29(22-36(32)47)50-39-10-11-40(57)51-43(39)59/h4-9,22-23,27-28,30,39,50,52H,3,10-21,24,26H2,1-2H3,(H,51,57,59)/t30-,39-/m1/s1. The third-order valence-corrected chi connectivity index (χ3v) is 15.1. The number of hydrogen-bond acceptors (Lipinski definition) is 11. The molecule has 3 N–H and O–H groups in total. The van der Waals surface area contributed by atoms with E-state index in [0.29, 0.717) is 68.8 Å². The Balaban J connectivity index is 0.847. The van der Waals surface area contributed by atoms with Crippen molar-refractivity contribution in [2.75, 3.05) is 56.4 Å². The molecule has 338 valence electrons. The van der Waals surface area contributed by atoms with Crippen molar-refractivity contribution < 1.29 is 36.3 Å². The number of fused-ring (bicyclic) bond motifs is 1. The van der Waals surface area contributed by atoms with E-state index in [-0.39, 0.29) is 75.9 Å². The highest BCUT2D eigenvalue weighted by atomic mass is 32.2. The summed E-state index contributed by atoms with van der Waals surface area (Å²) in [6.07, 6.45) is 7.61. The van der Waals surface area contributed by atoms with Crippen molar-refractivity contribution in [2.24, 2.45) is 5.41 Å². The quantitative estimate of drug-likeness (QED) is 0.154. The summed E-state index contributed by atoms with van der Waals surface area (Å²) in [5.41, 5.74) is 0.674. The fourth-order valence-electron chi connectivity index (χ4n) is 9.57. The van der Waals surface area contributed by atoms with E-state index >= 15 is 8.78 Å². The van der Waals surface area contributed by atoms with Crippen LogP contribution in [0.15, 0.2) is 59.7 Å². The smallest absolute Gasteiger partial charge is 0.301 e. The Morgan fingerprint density at radius 3 is 2.47 bits per heavy atom. The molecule has 1 aliphatic carbocycles.